The summed E-state index contributed by atoms with van der Waals surface area (Å²) < 4.78 is 13.7. The third-order valence-electron chi connectivity index (χ3n) is 3.33. The second kappa shape index (κ2) is 6.66. The highest BCUT2D eigenvalue weighted by atomic mass is 19.1. The van der Waals surface area contributed by atoms with Gasteiger partial charge in [-0.25, -0.2) is 4.39 Å². The quantitative estimate of drug-likeness (QED) is 0.890. The van der Waals surface area contributed by atoms with Gasteiger partial charge in [0.25, 0.3) is 0 Å². The van der Waals surface area contributed by atoms with Gasteiger partial charge in [0.15, 0.2) is 0 Å². The van der Waals surface area contributed by atoms with Crippen LogP contribution in [-0.2, 0) is 4.79 Å². The topological polar surface area (TPSA) is 46.3 Å². The SMILES string of the molecule is CC(C)C[C@@H](N)C(=O)N(C)C(C)c1ccccc1F. The Morgan fingerprint density at radius 3 is 2.42 bits per heavy atom. The van der Waals surface area contributed by atoms with E-state index in [9.17, 15) is 9.18 Å². The lowest BCUT2D eigenvalue weighted by molar-refractivity contribution is -0.133. The number of hydrogen-bond donors (Lipinski definition) is 1. The van der Waals surface area contributed by atoms with Gasteiger partial charge >= 0.3 is 0 Å². The number of nitrogens with two attached hydrogens (primary N) is 1. The number of hydrogen-bond acceptors (Lipinski definition) is 2. The second-order valence-corrected chi connectivity index (χ2v) is 5.38. The maximum atomic E-state index is 13.7. The van der Waals surface area contributed by atoms with Crippen molar-refractivity contribution in [2.24, 2.45) is 11.7 Å². The van der Waals surface area contributed by atoms with Crippen LogP contribution in [0.15, 0.2) is 24.3 Å². The number of halogens is 1. The van der Waals surface area contributed by atoms with E-state index >= 15 is 0 Å². The third kappa shape index (κ3) is 4.03. The summed E-state index contributed by atoms with van der Waals surface area (Å²) in [6.45, 7) is 5.85. The fourth-order valence-corrected chi connectivity index (χ4v) is 2.08. The largest absolute Gasteiger partial charge is 0.338 e. The number of nitrogens with zero attached hydrogens (tertiary/aromatic N) is 1. The molecule has 0 aliphatic carbocycles. The van der Waals surface area contributed by atoms with Crippen LogP contribution in [0.5, 0.6) is 0 Å². The van der Waals surface area contributed by atoms with E-state index in [0.717, 1.165) is 0 Å². The Hall–Kier alpha value is -1.42. The molecule has 0 spiro atoms. The zero-order valence-electron chi connectivity index (χ0n) is 12.1. The van der Waals surface area contributed by atoms with Crippen molar-refractivity contribution in [2.45, 2.75) is 39.3 Å². The molecular formula is C15H23FN2O. The van der Waals surface area contributed by atoms with Gasteiger partial charge in [-0.15, -0.1) is 0 Å². The van der Waals surface area contributed by atoms with E-state index < -0.39 is 6.04 Å². The molecular weight excluding hydrogens is 243 g/mol. The maximum Gasteiger partial charge on any atom is 0.239 e. The van der Waals surface area contributed by atoms with Crippen LogP contribution in [0.4, 0.5) is 4.39 Å². The molecule has 1 amide bonds. The van der Waals surface area contributed by atoms with Crippen molar-refractivity contribution in [3.63, 3.8) is 0 Å². The van der Waals surface area contributed by atoms with Crippen LogP contribution in [-0.4, -0.2) is 23.9 Å². The normalized spacial score (nSPS) is 14.3. The van der Waals surface area contributed by atoms with Crippen LogP contribution in [0.25, 0.3) is 0 Å². The number of likely N-dealkylation sites (N-methyl/N-ethyl adjacent to an activating group) is 1. The third-order valence-corrected chi connectivity index (χ3v) is 3.33. The van der Waals surface area contributed by atoms with Gasteiger partial charge in [0.2, 0.25) is 5.91 Å². The zero-order chi connectivity index (χ0) is 14.6. The highest BCUT2D eigenvalue weighted by molar-refractivity contribution is 5.81. The van der Waals surface area contributed by atoms with Crippen LogP contribution >= 0.6 is 0 Å². The summed E-state index contributed by atoms with van der Waals surface area (Å²) >= 11 is 0. The smallest absolute Gasteiger partial charge is 0.239 e. The molecule has 1 rings (SSSR count). The average molecular weight is 266 g/mol. The molecule has 0 aromatic heterocycles. The molecule has 0 fully saturated rings. The van der Waals surface area contributed by atoms with E-state index in [1.807, 2.05) is 13.8 Å². The van der Waals surface area contributed by atoms with E-state index in [4.69, 9.17) is 5.73 Å². The summed E-state index contributed by atoms with van der Waals surface area (Å²) in [6, 6.07) is 5.64. The minimum atomic E-state index is -0.528. The fraction of sp³-hybridized carbons (Fsp3) is 0.533. The van der Waals surface area contributed by atoms with E-state index in [2.05, 4.69) is 0 Å². The molecule has 0 radical (unpaired) electrons. The summed E-state index contributed by atoms with van der Waals surface area (Å²) in [7, 11) is 1.67. The van der Waals surface area contributed by atoms with Crippen LogP contribution in [0.3, 0.4) is 0 Å². The van der Waals surface area contributed by atoms with E-state index in [0.29, 0.717) is 17.9 Å². The predicted molar refractivity (Wildman–Crippen MR) is 75.0 cm³/mol. The van der Waals surface area contributed by atoms with Gasteiger partial charge in [0.1, 0.15) is 5.82 Å². The minimum absolute atomic E-state index is 0.149. The van der Waals surface area contributed by atoms with Crippen molar-refractivity contribution in [1.29, 1.82) is 0 Å². The molecule has 106 valence electrons. The lowest BCUT2D eigenvalue weighted by Crippen LogP contribution is -2.43. The van der Waals surface area contributed by atoms with Crippen LogP contribution < -0.4 is 5.73 Å². The van der Waals surface area contributed by atoms with Crippen molar-refractivity contribution < 1.29 is 9.18 Å². The molecule has 0 heterocycles. The molecule has 0 bridgehead atoms. The molecule has 1 aromatic rings. The Morgan fingerprint density at radius 1 is 1.32 bits per heavy atom. The Labute approximate surface area is 114 Å². The highest BCUT2D eigenvalue weighted by Gasteiger charge is 2.24. The Kier molecular flexibility index (Phi) is 5.48. The Balaban J connectivity index is 2.80. The molecule has 0 aliphatic rings. The molecule has 4 heteroatoms. The van der Waals surface area contributed by atoms with Gasteiger partial charge < -0.3 is 10.6 Å². The first-order chi connectivity index (χ1) is 8.84. The average Bonchev–Trinajstić information content (AvgIpc) is 2.36. The molecule has 2 N–H and O–H groups in total. The summed E-state index contributed by atoms with van der Waals surface area (Å²) in [6.07, 6.45) is 0.632. The maximum absolute atomic E-state index is 13.7. The molecule has 2 atom stereocenters. The van der Waals surface area contributed by atoms with Gasteiger partial charge in [0, 0.05) is 12.6 Å². The van der Waals surface area contributed by atoms with Crippen molar-refractivity contribution in [1.82, 2.24) is 4.90 Å². The first-order valence-electron chi connectivity index (χ1n) is 6.61. The van der Waals surface area contributed by atoms with E-state index in [1.54, 1.807) is 32.2 Å². The van der Waals surface area contributed by atoms with Crippen molar-refractivity contribution in [3.05, 3.63) is 35.6 Å². The van der Waals surface area contributed by atoms with Crippen molar-refractivity contribution in [3.8, 4) is 0 Å². The number of amides is 1. The van der Waals surface area contributed by atoms with Gasteiger partial charge in [-0.05, 0) is 25.3 Å². The molecule has 1 unspecified atom stereocenters. The van der Waals surface area contributed by atoms with Crippen molar-refractivity contribution in [2.75, 3.05) is 7.05 Å². The van der Waals surface area contributed by atoms with Crippen LogP contribution in [0.2, 0.25) is 0 Å². The number of benzene rings is 1. The standard InChI is InChI=1S/C15H23FN2O/c1-10(2)9-14(17)15(19)18(4)11(3)12-7-5-6-8-13(12)16/h5-8,10-11,14H,9,17H2,1-4H3/t11?,14-/m1/s1. The van der Waals surface area contributed by atoms with Gasteiger partial charge in [-0.3, -0.25) is 4.79 Å². The van der Waals surface area contributed by atoms with Gasteiger partial charge in [-0.2, -0.15) is 0 Å². The number of rotatable bonds is 5. The monoisotopic (exact) mass is 266 g/mol. The molecule has 19 heavy (non-hydrogen) atoms. The Morgan fingerprint density at radius 2 is 1.89 bits per heavy atom. The highest BCUT2D eigenvalue weighted by Crippen LogP contribution is 2.22. The van der Waals surface area contributed by atoms with E-state index in [1.165, 1.54) is 11.0 Å². The van der Waals surface area contributed by atoms with Crippen LogP contribution in [0, 0.1) is 11.7 Å². The summed E-state index contributed by atoms with van der Waals surface area (Å²) in [5.41, 5.74) is 6.40. The van der Waals surface area contributed by atoms with Crippen LogP contribution in [0.1, 0.15) is 38.8 Å². The summed E-state index contributed by atoms with van der Waals surface area (Å²) in [4.78, 5) is 13.7. The van der Waals surface area contributed by atoms with E-state index in [-0.39, 0.29) is 17.8 Å². The predicted octanol–water partition coefficient (Wildman–Crippen LogP) is 2.72. The first-order valence-corrected chi connectivity index (χ1v) is 6.61. The Bertz CT molecular complexity index is 434. The molecule has 3 nitrogen and oxygen atoms in total. The second-order valence-electron chi connectivity index (χ2n) is 5.38. The summed E-state index contributed by atoms with van der Waals surface area (Å²) in [5, 5.41) is 0. The van der Waals surface area contributed by atoms with Crippen molar-refractivity contribution >= 4 is 5.91 Å². The molecule has 0 aliphatic heterocycles. The lowest BCUT2D eigenvalue weighted by atomic mass is 10.0. The lowest BCUT2D eigenvalue weighted by Gasteiger charge is -2.28. The molecule has 0 saturated heterocycles. The summed E-state index contributed by atoms with van der Waals surface area (Å²) in [5.74, 6) is -0.0901. The molecule has 1 aromatic carbocycles. The fourth-order valence-electron chi connectivity index (χ4n) is 2.08. The first kappa shape index (κ1) is 15.6. The van der Waals surface area contributed by atoms with Gasteiger partial charge in [0.05, 0.1) is 12.1 Å². The molecule has 0 saturated carbocycles. The minimum Gasteiger partial charge on any atom is -0.338 e. The number of carbonyl (C=O) groups is 1. The number of carbonyl (C=O) groups excluding carboxylic acids is 1. The van der Waals surface area contributed by atoms with Gasteiger partial charge in [-0.1, -0.05) is 32.0 Å². The zero-order valence-corrected chi connectivity index (χ0v) is 12.1.